The Morgan fingerprint density at radius 1 is 1.08 bits per heavy atom. The van der Waals surface area contributed by atoms with Gasteiger partial charge in [0, 0.05) is 0 Å². The summed E-state index contributed by atoms with van der Waals surface area (Å²) in [4.78, 5) is 37.8. The van der Waals surface area contributed by atoms with Crippen LogP contribution in [0.2, 0.25) is 5.02 Å². The summed E-state index contributed by atoms with van der Waals surface area (Å²) < 4.78 is 0. The molecule has 25 heavy (non-hydrogen) atoms. The van der Waals surface area contributed by atoms with Gasteiger partial charge in [-0.05, 0) is 35.5 Å². The van der Waals surface area contributed by atoms with Gasteiger partial charge in [-0.25, -0.2) is 0 Å². The average Bonchev–Trinajstić information content (AvgIpc) is 2.85. The Morgan fingerprint density at radius 2 is 1.76 bits per heavy atom. The highest BCUT2D eigenvalue weighted by atomic mass is 35.5. The van der Waals surface area contributed by atoms with Crippen molar-refractivity contribution in [2.24, 2.45) is 0 Å². The Hall–Kier alpha value is -2.57. The van der Waals surface area contributed by atoms with Crippen LogP contribution < -0.4 is 5.32 Å². The molecule has 1 saturated heterocycles. The third-order valence-electron chi connectivity index (χ3n) is 3.42. The van der Waals surface area contributed by atoms with Gasteiger partial charge in [0.05, 0.1) is 15.6 Å². The summed E-state index contributed by atoms with van der Waals surface area (Å²) in [5.41, 5.74) is 1.24. The zero-order chi connectivity index (χ0) is 17.8. The summed E-state index contributed by atoms with van der Waals surface area (Å²) in [7, 11) is 0. The van der Waals surface area contributed by atoms with Gasteiger partial charge in [-0.1, -0.05) is 54.1 Å². The quantitative estimate of drug-likeness (QED) is 0.823. The molecule has 0 saturated carbocycles. The molecule has 3 rings (SSSR count). The molecule has 0 atom stereocenters. The lowest BCUT2D eigenvalue weighted by Crippen LogP contribution is -2.36. The van der Waals surface area contributed by atoms with E-state index in [4.69, 9.17) is 11.6 Å². The summed E-state index contributed by atoms with van der Waals surface area (Å²) in [5.74, 6) is -0.968. The lowest BCUT2D eigenvalue weighted by molar-refractivity contribution is -0.127. The Kier molecular flexibility index (Phi) is 5.21. The van der Waals surface area contributed by atoms with Crippen molar-refractivity contribution in [1.29, 1.82) is 0 Å². The molecule has 1 fully saturated rings. The maximum Gasteiger partial charge on any atom is 0.294 e. The molecule has 0 unspecified atom stereocenters. The molecule has 0 aliphatic carbocycles. The second-order valence-corrected chi connectivity index (χ2v) is 6.61. The molecule has 2 aromatic rings. The lowest BCUT2D eigenvalue weighted by atomic mass is 10.2. The highest BCUT2D eigenvalue weighted by Crippen LogP contribution is 2.32. The van der Waals surface area contributed by atoms with E-state index in [1.807, 2.05) is 30.3 Å². The van der Waals surface area contributed by atoms with Crippen molar-refractivity contribution in [3.05, 3.63) is 70.1 Å². The second kappa shape index (κ2) is 7.55. The van der Waals surface area contributed by atoms with E-state index in [0.717, 1.165) is 22.2 Å². The van der Waals surface area contributed by atoms with Gasteiger partial charge in [-0.3, -0.25) is 19.3 Å². The zero-order valence-electron chi connectivity index (χ0n) is 12.9. The Morgan fingerprint density at radius 3 is 2.48 bits per heavy atom. The smallest absolute Gasteiger partial charge is 0.294 e. The van der Waals surface area contributed by atoms with Crippen LogP contribution in [-0.2, 0) is 9.59 Å². The van der Waals surface area contributed by atoms with Crippen molar-refractivity contribution < 1.29 is 14.4 Å². The maximum atomic E-state index is 12.4. The van der Waals surface area contributed by atoms with E-state index in [1.54, 1.807) is 30.3 Å². The first-order valence-corrected chi connectivity index (χ1v) is 8.59. The fraction of sp³-hybridized carbons (Fsp3) is 0.0556. The number of anilines is 1. The molecule has 7 heteroatoms. The van der Waals surface area contributed by atoms with Gasteiger partial charge in [0.2, 0.25) is 5.91 Å². The van der Waals surface area contributed by atoms with Gasteiger partial charge in [-0.2, -0.15) is 0 Å². The third kappa shape index (κ3) is 4.10. The molecule has 2 aromatic carbocycles. The molecule has 1 heterocycles. The van der Waals surface area contributed by atoms with Crippen molar-refractivity contribution in [1.82, 2.24) is 4.90 Å². The minimum absolute atomic E-state index is 0.293. The molecule has 0 radical (unpaired) electrons. The summed E-state index contributed by atoms with van der Waals surface area (Å²) in [6.07, 6.45) is 1.64. The first kappa shape index (κ1) is 17.3. The zero-order valence-corrected chi connectivity index (χ0v) is 14.5. The number of amides is 3. The molecule has 1 N–H and O–H groups in total. The predicted octanol–water partition coefficient (Wildman–Crippen LogP) is 4.02. The molecule has 0 spiro atoms. The van der Waals surface area contributed by atoms with Crippen LogP contribution in [0.4, 0.5) is 10.5 Å². The van der Waals surface area contributed by atoms with Gasteiger partial charge in [0.1, 0.15) is 6.54 Å². The molecule has 1 aliphatic heterocycles. The lowest BCUT2D eigenvalue weighted by Gasteiger charge is -2.13. The van der Waals surface area contributed by atoms with Gasteiger partial charge in [-0.15, -0.1) is 0 Å². The van der Waals surface area contributed by atoms with Crippen LogP contribution in [-0.4, -0.2) is 28.5 Å². The number of nitrogens with zero attached hydrogens (tertiary/aromatic N) is 1. The highest BCUT2D eigenvalue weighted by Gasteiger charge is 2.36. The predicted molar refractivity (Wildman–Crippen MR) is 99.2 cm³/mol. The van der Waals surface area contributed by atoms with Crippen LogP contribution in [0.5, 0.6) is 0 Å². The second-order valence-electron chi connectivity index (χ2n) is 5.21. The normalized spacial score (nSPS) is 15.7. The molecular weight excluding hydrogens is 360 g/mol. The van der Waals surface area contributed by atoms with Crippen LogP contribution in [0.3, 0.4) is 0 Å². The van der Waals surface area contributed by atoms with Crippen molar-refractivity contribution in [2.45, 2.75) is 0 Å². The molecule has 1 aliphatic rings. The fourth-order valence-electron chi connectivity index (χ4n) is 2.23. The molecule has 5 nitrogen and oxygen atoms in total. The van der Waals surface area contributed by atoms with Crippen molar-refractivity contribution >= 4 is 52.2 Å². The largest absolute Gasteiger partial charge is 0.323 e. The number of nitrogens with one attached hydrogen (secondary N) is 1. The number of hydrogen-bond acceptors (Lipinski definition) is 4. The Balaban J connectivity index is 1.70. The van der Waals surface area contributed by atoms with E-state index >= 15 is 0 Å². The highest BCUT2D eigenvalue weighted by molar-refractivity contribution is 8.18. The van der Waals surface area contributed by atoms with Crippen LogP contribution >= 0.6 is 23.4 Å². The number of para-hydroxylation sites is 1. The summed E-state index contributed by atoms with van der Waals surface area (Å²) in [6, 6.07) is 16.0. The van der Waals surface area contributed by atoms with E-state index in [9.17, 15) is 14.4 Å². The Labute approximate surface area is 153 Å². The number of thioether (sulfide) groups is 1. The summed E-state index contributed by atoms with van der Waals surface area (Å²) >= 11 is 6.80. The van der Waals surface area contributed by atoms with Gasteiger partial charge >= 0.3 is 0 Å². The van der Waals surface area contributed by atoms with E-state index in [2.05, 4.69) is 5.32 Å². The number of halogens is 1. The van der Waals surface area contributed by atoms with Crippen LogP contribution in [0, 0.1) is 0 Å². The Bertz CT molecular complexity index is 868. The van der Waals surface area contributed by atoms with Gasteiger partial charge in [0.25, 0.3) is 11.1 Å². The summed E-state index contributed by atoms with van der Waals surface area (Å²) in [6.45, 7) is -0.359. The fourth-order valence-corrected chi connectivity index (χ4v) is 3.25. The molecule has 126 valence electrons. The molecule has 0 bridgehead atoms. The third-order valence-corrected chi connectivity index (χ3v) is 4.66. The van der Waals surface area contributed by atoms with Crippen LogP contribution in [0.15, 0.2) is 59.5 Å². The molecular formula is C18H13ClN2O3S. The minimum atomic E-state index is -0.489. The van der Waals surface area contributed by atoms with Crippen molar-refractivity contribution in [2.75, 3.05) is 11.9 Å². The number of carbonyl (C=O) groups excluding carboxylic acids is 3. The van der Waals surface area contributed by atoms with E-state index < -0.39 is 17.1 Å². The van der Waals surface area contributed by atoms with E-state index in [1.165, 1.54) is 0 Å². The maximum absolute atomic E-state index is 12.4. The number of benzene rings is 2. The number of carbonyl (C=O) groups is 3. The monoisotopic (exact) mass is 372 g/mol. The number of rotatable bonds is 4. The SMILES string of the molecule is O=C(CN1C(=O)S/C(=C/c2ccccc2)C1=O)Nc1ccccc1Cl. The summed E-state index contributed by atoms with van der Waals surface area (Å²) in [5, 5.41) is 2.51. The number of hydrogen-bond donors (Lipinski definition) is 1. The minimum Gasteiger partial charge on any atom is -0.323 e. The first-order valence-electron chi connectivity index (χ1n) is 7.39. The molecule has 3 amide bonds. The number of imide groups is 1. The topological polar surface area (TPSA) is 66.5 Å². The van der Waals surface area contributed by atoms with Crippen LogP contribution in [0.25, 0.3) is 6.08 Å². The average molecular weight is 373 g/mol. The van der Waals surface area contributed by atoms with Gasteiger partial charge < -0.3 is 5.32 Å². The van der Waals surface area contributed by atoms with E-state index in [-0.39, 0.29) is 6.54 Å². The molecule has 0 aromatic heterocycles. The first-order chi connectivity index (χ1) is 12.0. The standard InChI is InChI=1S/C18H13ClN2O3S/c19-13-8-4-5-9-14(13)20-16(22)11-21-17(23)15(25-18(21)24)10-12-6-2-1-3-7-12/h1-10H,11H2,(H,20,22)/b15-10+. The van der Waals surface area contributed by atoms with Gasteiger partial charge in [0.15, 0.2) is 0 Å². The van der Waals surface area contributed by atoms with Crippen LogP contribution in [0.1, 0.15) is 5.56 Å². The van der Waals surface area contributed by atoms with Crippen molar-refractivity contribution in [3.63, 3.8) is 0 Å². The van der Waals surface area contributed by atoms with E-state index in [0.29, 0.717) is 15.6 Å². The van der Waals surface area contributed by atoms with Crippen molar-refractivity contribution in [3.8, 4) is 0 Å².